The van der Waals surface area contributed by atoms with Crippen LogP contribution in [0, 0.1) is 0 Å². The number of halogens is 3. The Kier molecular flexibility index (Phi) is 6.68. The SMILES string of the molecule is C=CC(=O)Nc1cccc(-c2ccc(N)c3cnc(-c4ccc(Oc5cc(C(F)(F)F)ccn5)cc4)nc23)c1. The second-order valence-corrected chi connectivity index (χ2v) is 8.44. The molecule has 3 N–H and O–H groups in total. The molecule has 1 amide bonds. The number of nitrogens with zero attached hydrogens (tertiary/aromatic N) is 3. The number of hydrogen-bond donors (Lipinski definition) is 2. The van der Waals surface area contributed by atoms with Crippen molar-refractivity contribution in [3.63, 3.8) is 0 Å². The first-order chi connectivity index (χ1) is 18.7. The molecule has 0 fully saturated rings. The molecule has 0 aliphatic rings. The molecule has 0 radical (unpaired) electrons. The zero-order chi connectivity index (χ0) is 27.6. The average Bonchev–Trinajstić information content (AvgIpc) is 2.93. The van der Waals surface area contributed by atoms with Gasteiger partial charge in [-0.25, -0.2) is 15.0 Å². The van der Waals surface area contributed by atoms with Crippen molar-refractivity contribution in [2.24, 2.45) is 0 Å². The van der Waals surface area contributed by atoms with Gasteiger partial charge in [0.1, 0.15) is 5.75 Å². The van der Waals surface area contributed by atoms with Crippen molar-refractivity contribution in [3.8, 4) is 34.1 Å². The minimum atomic E-state index is -4.50. The molecule has 7 nitrogen and oxygen atoms in total. The third-order valence-corrected chi connectivity index (χ3v) is 5.81. The Morgan fingerprint density at radius 1 is 0.974 bits per heavy atom. The van der Waals surface area contributed by atoms with E-state index in [0.29, 0.717) is 39.4 Å². The van der Waals surface area contributed by atoms with E-state index < -0.39 is 11.7 Å². The minimum Gasteiger partial charge on any atom is -0.439 e. The third-order valence-electron chi connectivity index (χ3n) is 5.81. The van der Waals surface area contributed by atoms with Crippen LogP contribution in [0.3, 0.4) is 0 Å². The fourth-order valence-electron chi connectivity index (χ4n) is 3.90. The topological polar surface area (TPSA) is 103 Å². The predicted molar refractivity (Wildman–Crippen MR) is 143 cm³/mol. The molecule has 0 saturated carbocycles. The van der Waals surface area contributed by atoms with E-state index in [-0.39, 0.29) is 11.8 Å². The van der Waals surface area contributed by atoms with E-state index in [4.69, 9.17) is 15.5 Å². The van der Waals surface area contributed by atoms with E-state index in [0.717, 1.165) is 29.5 Å². The van der Waals surface area contributed by atoms with Crippen molar-refractivity contribution in [3.05, 3.63) is 103 Å². The van der Waals surface area contributed by atoms with Crippen LogP contribution in [-0.2, 0) is 11.0 Å². The first kappa shape index (κ1) is 25.4. The number of nitrogen functional groups attached to an aromatic ring is 1. The van der Waals surface area contributed by atoms with E-state index in [1.54, 1.807) is 42.6 Å². The van der Waals surface area contributed by atoms with Gasteiger partial charge >= 0.3 is 6.18 Å². The molecule has 2 aromatic heterocycles. The number of alkyl halides is 3. The summed E-state index contributed by atoms with van der Waals surface area (Å²) in [5.74, 6) is 0.213. The number of nitrogens with one attached hydrogen (secondary N) is 1. The number of carbonyl (C=O) groups is 1. The highest BCUT2D eigenvalue weighted by atomic mass is 19.4. The van der Waals surface area contributed by atoms with Crippen LogP contribution in [0.5, 0.6) is 11.6 Å². The summed E-state index contributed by atoms with van der Waals surface area (Å²) in [6.07, 6.45) is -0.628. The quantitative estimate of drug-likeness (QED) is 0.184. The van der Waals surface area contributed by atoms with E-state index in [2.05, 4.69) is 21.9 Å². The third kappa shape index (κ3) is 5.54. The molecule has 0 bridgehead atoms. The highest BCUT2D eigenvalue weighted by Gasteiger charge is 2.31. The van der Waals surface area contributed by atoms with E-state index in [1.165, 1.54) is 6.08 Å². The summed E-state index contributed by atoms with van der Waals surface area (Å²) in [7, 11) is 0. The Morgan fingerprint density at radius 3 is 2.51 bits per heavy atom. The number of nitrogens with two attached hydrogens (primary N) is 1. The molecule has 0 aliphatic heterocycles. The Balaban J connectivity index is 1.47. The number of amides is 1. The van der Waals surface area contributed by atoms with Crippen LogP contribution in [0.15, 0.2) is 97.8 Å². The lowest BCUT2D eigenvalue weighted by Gasteiger charge is -2.12. The maximum Gasteiger partial charge on any atom is 0.416 e. The zero-order valence-electron chi connectivity index (χ0n) is 20.2. The number of fused-ring (bicyclic) bond motifs is 1. The average molecular weight is 528 g/mol. The van der Waals surface area contributed by atoms with Gasteiger partial charge in [0.25, 0.3) is 0 Å². The number of ether oxygens (including phenoxy) is 1. The molecule has 39 heavy (non-hydrogen) atoms. The largest absolute Gasteiger partial charge is 0.439 e. The summed E-state index contributed by atoms with van der Waals surface area (Å²) in [6, 6.07) is 19.2. The van der Waals surface area contributed by atoms with Crippen molar-refractivity contribution in [1.82, 2.24) is 15.0 Å². The summed E-state index contributed by atoms with van der Waals surface area (Å²) in [5, 5.41) is 3.40. The highest BCUT2D eigenvalue weighted by Crippen LogP contribution is 2.34. The van der Waals surface area contributed by atoms with Gasteiger partial charge in [0, 0.05) is 46.3 Å². The molecular weight excluding hydrogens is 507 g/mol. The summed E-state index contributed by atoms with van der Waals surface area (Å²) >= 11 is 0. The Labute approximate surface area is 220 Å². The molecule has 5 rings (SSSR count). The number of pyridine rings is 1. The van der Waals surface area contributed by atoms with Gasteiger partial charge in [-0.15, -0.1) is 0 Å². The van der Waals surface area contributed by atoms with Crippen molar-refractivity contribution in [1.29, 1.82) is 0 Å². The first-order valence-corrected chi connectivity index (χ1v) is 11.6. The summed E-state index contributed by atoms with van der Waals surface area (Å²) in [6.45, 7) is 3.47. The van der Waals surface area contributed by atoms with Crippen molar-refractivity contribution < 1.29 is 22.7 Å². The Hall–Kier alpha value is -5.25. The lowest BCUT2D eigenvalue weighted by molar-refractivity contribution is -0.137. The number of rotatable bonds is 6. The molecule has 0 spiro atoms. The van der Waals surface area contributed by atoms with Crippen LogP contribution in [0.2, 0.25) is 0 Å². The highest BCUT2D eigenvalue weighted by molar-refractivity contribution is 6.02. The van der Waals surface area contributed by atoms with Crippen molar-refractivity contribution in [2.75, 3.05) is 11.1 Å². The Bertz CT molecular complexity index is 1700. The van der Waals surface area contributed by atoms with Crippen LogP contribution >= 0.6 is 0 Å². The monoisotopic (exact) mass is 527 g/mol. The number of anilines is 2. The maximum absolute atomic E-state index is 13.0. The van der Waals surface area contributed by atoms with Gasteiger partial charge < -0.3 is 15.8 Å². The van der Waals surface area contributed by atoms with Gasteiger partial charge in [-0.2, -0.15) is 13.2 Å². The second kappa shape index (κ2) is 10.3. The molecule has 0 atom stereocenters. The van der Waals surface area contributed by atoms with Crippen LogP contribution in [0.4, 0.5) is 24.5 Å². The molecule has 0 aliphatic carbocycles. The number of hydrogen-bond acceptors (Lipinski definition) is 6. The van der Waals surface area contributed by atoms with Gasteiger partial charge in [0.15, 0.2) is 5.82 Å². The normalized spacial score (nSPS) is 11.3. The fourth-order valence-corrected chi connectivity index (χ4v) is 3.90. The first-order valence-electron chi connectivity index (χ1n) is 11.6. The van der Waals surface area contributed by atoms with E-state index in [9.17, 15) is 18.0 Å². The molecule has 10 heteroatoms. The maximum atomic E-state index is 13.0. The van der Waals surface area contributed by atoms with Gasteiger partial charge in [-0.05, 0) is 60.2 Å². The minimum absolute atomic E-state index is 0.175. The van der Waals surface area contributed by atoms with Gasteiger partial charge in [0.2, 0.25) is 11.8 Å². The molecular formula is C29H20F3N5O2. The van der Waals surface area contributed by atoms with Crippen molar-refractivity contribution >= 4 is 28.2 Å². The van der Waals surface area contributed by atoms with Gasteiger partial charge in [-0.3, -0.25) is 4.79 Å². The summed E-state index contributed by atoms with van der Waals surface area (Å²) in [4.78, 5) is 24.8. The summed E-state index contributed by atoms with van der Waals surface area (Å²) < 4.78 is 44.4. The number of benzene rings is 3. The zero-order valence-corrected chi connectivity index (χ0v) is 20.2. The van der Waals surface area contributed by atoms with Crippen LogP contribution in [-0.4, -0.2) is 20.9 Å². The molecule has 5 aromatic rings. The fraction of sp³-hybridized carbons (Fsp3) is 0.0345. The predicted octanol–water partition coefficient (Wildman–Crippen LogP) is 6.88. The van der Waals surface area contributed by atoms with Crippen LogP contribution in [0.25, 0.3) is 33.4 Å². The van der Waals surface area contributed by atoms with E-state index in [1.807, 2.05) is 24.3 Å². The number of aromatic nitrogens is 3. The standard InChI is InChI=1S/C29H20F3N5O2/c1-2-25(38)36-20-5-3-4-18(14-20)22-10-11-24(33)23-16-35-28(37-27(22)23)17-6-8-21(9-7-17)39-26-15-19(12-13-34-26)29(30,31)32/h2-16H,1,33H2,(H,36,38). The lowest BCUT2D eigenvalue weighted by atomic mass is 10.0. The molecule has 0 saturated heterocycles. The van der Waals surface area contributed by atoms with Crippen molar-refractivity contribution in [2.45, 2.75) is 6.18 Å². The number of carbonyl (C=O) groups excluding carboxylic acids is 1. The van der Waals surface area contributed by atoms with Gasteiger partial charge in [0.05, 0.1) is 11.1 Å². The lowest BCUT2D eigenvalue weighted by Crippen LogP contribution is -2.07. The summed E-state index contributed by atoms with van der Waals surface area (Å²) in [5.41, 5.74) is 9.31. The van der Waals surface area contributed by atoms with Gasteiger partial charge in [-0.1, -0.05) is 24.8 Å². The smallest absolute Gasteiger partial charge is 0.416 e. The van der Waals surface area contributed by atoms with E-state index >= 15 is 0 Å². The second-order valence-electron chi connectivity index (χ2n) is 8.44. The molecule has 194 valence electrons. The van der Waals surface area contributed by atoms with Crippen LogP contribution in [0.1, 0.15) is 5.56 Å². The molecule has 3 aromatic carbocycles. The van der Waals surface area contributed by atoms with Crippen LogP contribution < -0.4 is 15.8 Å². The molecule has 2 heterocycles. The molecule has 0 unspecified atom stereocenters. The Morgan fingerprint density at radius 2 is 1.77 bits per heavy atom.